The molecule has 3 aromatic heterocycles. The lowest BCUT2D eigenvalue weighted by Crippen LogP contribution is -2.47. The van der Waals surface area contributed by atoms with E-state index in [0.29, 0.717) is 33.8 Å². The number of alkyl halides is 3. The predicted molar refractivity (Wildman–Crippen MR) is 107 cm³/mol. The van der Waals surface area contributed by atoms with Crippen molar-refractivity contribution in [3.8, 4) is 11.4 Å². The van der Waals surface area contributed by atoms with Crippen molar-refractivity contribution in [2.45, 2.75) is 25.6 Å². The molecular formula is C19H20F3N7O. The molecule has 2 N–H and O–H groups in total. The van der Waals surface area contributed by atoms with Crippen molar-refractivity contribution < 1.29 is 18.0 Å². The minimum atomic E-state index is -4.49. The van der Waals surface area contributed by atoms with Crippen LogP contribution in [0.1, 0.15) is 18.9 Å². The molecule has 0 fully saturated rings. The van der Waals surface area contributed by atoms with Gasteiger partial charge in [-0.2, -0.15) is 13.2 Å². The molecule has 0 saturated carbocycles. The number of rotatable bonds is 7. The maximum absolute atomic E-state index is 12.5. The van der Waals surface area contributed by atoms with Gasteiger partial charge in [-0.25, -0.2) is 19.9 Å². The van der Waals surface area contributed by atoms with Crippen LogP contribution >= 0.6 is 0 Å². The Balaban J connectivity index is 1.96. The van der Waals surface area contributed by atoms with Crippen LogP contribution in [0, 0.1) is 0 Å². The van der Waals surface area contributed by atoms with E-state index in [1.165, 1.54) is 17.3 Å². The second-order valence-electron chi connectivity index (χ2n) is 6.53. The topological polar surface area (TPSA) is 99.7 Å². The van der Waals surface area contributed by atoms with Gasteiger partial charge in [0.15, 0.2) is 5.82 Å². The van der Waals surface area contributed by atoms with Gasteiger partial charge >= 0.3 is 6.18 Å². The molecule has 0 aromatic carbocycles. The third kappa shape index (κ3) is 4.39. The zero-order valence-corrected chi connectivity index (χ0v) is 16.4. The number of nitrogens with one attached hydrogen (secondary N) is 2. The van der Waals surface area contributed by atoms with Crippen molar-refractivity contribution in [3.05, 3.63) is 37.1 Å². The predicted octanol–water partition coefficient (Wildman–Crippen LogP) is 2.95. The second-order valence-corrected chi connectivity index (χ2v) is 6.53. The summed E-state index contributed by atoms with van der Waals surface area (Å²) in [5, 5.41) is 2.65. The van der Waals surface area contributed by atoms with E-state index in [1.54, 1.807) is 32.6 Å². The van der Waals surface area contributed by atoms with E-state index >= 15 is 0 Å². The van der Waals surface area contributed by atoms with E-state index < -0.39 is 24.7 Å². The van der Waals surface area contributed by atoms with Crippen molar-refractivity contribution in [2.75, 3.05) is 18.5 Å². The van der Waals surface area contributed by atoms with Crippen LogP contribution in [-0.4, -0.2) is 56.6 Å². The Labute approximate surface area is 170 Å². The summed E-state index contributed by atoms with van der Waals surface area (Å²) in [5.41, 5.74) is 1.81. The van der Waals surface area contributed by atoms with Crippen LogP contribution in [-0.2, 0) is 4.79 Å². The van der Waals surface area contributed by atoms with Crippen molar-refractivity contribution >= 4 is 28.8 Å². The summed E-state index contributed by atoms with van der Waals surface area (Å²) in [6.07, 6.45) is 3.59. The minimum Gasteiger partial charge on any atom is -0.347 e. The molecule has 0 saturated heterocycles. The number of halogens is 3. The molecule has 0 unspecified atom stereocenters. The quantitative estimate of drug-likeness (QED) is 0.611. The van der Waals surface area contributed by atoms with Crippen LogP contribution in [0.4, 0.5) is 19.0 Å². The standard InChI is InChI=1S/C19H20F3N7O/c1-4-11-6-24-16(13-8-25-15-12(13)7-23-10-27-15)28-17(11)29(3)14(5-2)18(30)26-9-19(20,21)22/h4,6-8,10,14H,1,5,9H2,2-3H3,(H,26,30)(H,23,25,27)/t14-/m0/s1. The normalized spacial score (nSPS) is 12.6. The summed E-state index contributed by atoms with van der Waals surface area (Å²) in [4.78, 5) is 34.0. The highest BCUT2D eigenvalue weighted by Crippen LogP contribution is 2.28. The largest absolute Gasteiger partial charge is 0.405 e. The Morgan fingerprint density at radius 1 is 1.37 bits per heavy atom. The molecule has 0 aliphatic heterocycles. The van der Waals surface area contributed by atoms with Gasteiger partial charge in [-0.1, -0.05) is 19.6 Å². The number of aromatic nitrogens is 5. The zero-order chi connectivity index (χ0) is 21.9. The van der Waals surface area contributed by atoms with E-state index in [9.17, 15) is 18.0 Å². The molecular weight excluding hydrogens is 399 g/mol. The lowest BCUT2D eigenvalue weighted by atomic mass is 10.1. The molecule has 0 spiro atoms. The number of hydrogen-bond donors (Lipinski definition) is 2. The number of nitrogens with zero attached hydrogens (tertiary/aromatic N) is 5. The van der Waals surface area contributed by atoms with Crippen LogP contribution in [0.5, 0.6) is 0 Å². The number of aromatic amines is 1. The van der Waals surface area contributed by atoms with E-state index in [2.05, 4.69) is 31.5 Å². The van der Waals surface area contributed by atoms with Crippen molar-refractivity contribution in [2.24, 2.45) is 0 Å². The van der Waals surface area contributed by atoms with Crippen LogP contribution in [0.25, 0.3) is 28.5 Å². The van der Waals surface area contributed by atoms with Gasteiger partial charge in [-0.3, -0.25) is 4.79 Å². The molecule has 8 nitrogen and oxygen atoms in total. The van der Waals surface area contributed by atoms with E-state index in [-0.39, 0.29) is 6.42 Å². The summed E-state index contributed by atoms with van der Waals surface area (Å²) in [7, 11) is 1.60. The molecule has 1 atom stereocenters. The molecule has 0 aliphatic carbocycles. The third-order valence-corrected chi connectivity index (χ3v) is 4.57. The first-order valence-corrected chi connectivity index (χ1v) is 9.09. The van der Waals surface area contributed by atoms with E-state index in [0.717, 1.165) is 0 Å². The third-order valence-electron chi connectivity index (χ3n) is 4.57. The summed E-state index contributed by atoms with van der Waals surface area (Å²) in [5.74, 6) is -0.0164. The van der Waals surface area contributed by atoms with Crippen molar-refractivity contribution in [1.29, 1.82) is 0 Å². The monoisotopic (exact) mass is 419 g/mol. The maximum Gasteiger partial charge on any atom is 0.405 e. The first-order chi connectivity index (χ1) is 14.2. The Bertz CT molecular complexity index is 1060. The Morgan fingerprint density at radius 3 is 2.80 bits per heavy atom. The molecule has 11 heteroatoms. The molecule has 3 rings (SSSR count). The van der Waals surface area contributed by atoms with Crippen LogP contribution in [0.15, 0.2) is 31.5 Å². The van der Waals surface area contributed by atoms with Gasteiger partial charge in [0.1, 0.15) is 30.4 Å². The second kappa shape index (κ2) is 8.47. The summed E-state index contributed by atoms with van der Waals surface area (Å²) in [6, 6.07) is -0.861. The summed E-state index contributed by atoms with van der Waals surface area (Å²) in [6.45, 7) is 4.05. The smallest absolute Gasteiger partial charge is 0.347 e. The average Bonchev–Trinajstić information content (AvgIpc) is 3.16. The molecule has 3 aromatic rings. The highest BCUT2D eigenvalue weighted by Gasteiger charge is 2.31. The number of fused-ring (bicyclic) bond motifs is 1. The highest BCUT2D eigenvalue weighted by molar-refractivity contribution is 5.91. The Hall–Kier alpha value is -3.50. The first-order valence-electron chi connectivity index (χ1n) is 9.09. The summed E-state index contributed by atoms with van der Waals surface area (Å²) < 4.78 is 37.5. The van der Waals surface area contributed by atoms with Gasteiger partial charge in [0, 0.05) is 42.2 Å². The van der Waals surface area contributed by atoms with Gasteiger partial charge in [0.25, 0.3) is 0 Å². The number of amides is 1. The van der Waals surface area contributed by atoms with Crippen molar-refractivity contribution in [3.63, 3.8) is 0 Å². The average molecular weight is 419 g/mol. The lowest BCUT2D eigenvalue weighted by molar-refractivity contribution is -0.139. The van der Waals surface area contributed by atoms with Crippen molar-refractivity contribution in [1.82, 2.24) is 30.2 Å². The zero-order valence-electron chi connectivity index (χ0n) is 16.4. The van der Waals surface area contributed by atoms with E-state index in [1.807, 2.05) is 5.32 Å². The number of H-pyrrole nitrogens is 1. The number of hydrogen-bond acceptors (Lipinski definition) is 6. The van der Waals surface area contributed by atoms with Gasteiger partial charge in [0.05, 0.1) is 0 Å². The number of carbonyl (C=O) groups excluding carboxylic acids is 1. The fourth-order valence-corrected chi connectivity index (χ4v) is 3.07. The fourth-order valence-electron chi connectivity index (χ4n) is 3.07. The van der Waals surface area contributed by atoms with Gasteiger partial charge in [-0.05, 0) is 6.42 Å². The van der Waals surface area contributed by atoms with Gasteiger partial charge < -0.3 is 15.2 Å². The molecule has 3 heterocycles. The number of carbonyl (C=O) groups is 1. The Kier molecular flexibility index (Phi) is 5.99. The SMILES string of the molecule is C=Cc1cnc(-c2c[nH]c3ncncc23)nc1N(C)[C@@H](CC)C(=O)NCC(F)(F)F. The molecule has 0 aliphatic rings. The molecule has 1 amide bonds. The summed E-state index contributed by atoms with van der Waals surface area (Å²) >= 11 is 0. The van der Waals surface area contributed by atoms with Gasteiger partial charge in [-0.15, -0.1) is 0 Å². The molecule has 30 heavy (non-hydrogen) atoms. The van der Waals surface area contributed by atoms with E-state index in [4.69, 9.17) is 0 Å². The highest BCUT2D eigenvalue weighted by atomic mass is 19.4. The number of likely N-dealkylation sites (N-methyl/N-ethyl adjacent to an activating group) is 1. The fraction of sp³-hybridized carbons (Fsp3) is 0.316. The molecule has 0 radical (unpaired) electrons. The molecule has 0 bridgehead atoms. The Morgan fingerprint density at radius 2 is 2.13 bits per heavy atom. The van der Waals surface area contributed by atoms with Crippen LogP contribution < -0.4 is 10.2 Å². The minimum absolute atomic E-state index is 0.275. The molecule has 158 valence electrons. The lowest BCUT2D eigenvalue weighted by Gasteiger charge is -2.28. The van der Waals surface area contributed by atoms with Crippen LogP contribution in [0.2, 0.25) is 0 Å². The maximum atomic E-state index is 12.5. The first kappa shape index (κ1) is 21.2. The number of anilines is 1. The van der Waals surface area contributed by atoms with Gasteiger partial charge in [0.2, 0.25) is 5.91 Å². The van der Waals surface area contributed by atoms with Crippen LogP contribution in [0.3, 0.4) is 0 Å².